The summed E-state index contributed by atoms with van der Waals surface area (Å²) in [6, 6.07) is 1.52. The molecule has 17 heavy (non-hydrogen) atoms. The van der Waals surface area contributed by atoms with E-state index < -0.39 is 17.3 Å². The molecule has 0 amide bonds. The Kier molecular flexibility index (Phi) is 4.77. The Morgan fingerprint density at radius 3 is 2.71 bits per heavy atom. The number of rotatable bonds is 2. The molecule has 0 saturated heterocycles. The van der Waals surface area contributed by atoms with Crippen molar-refractivity contribution in [3.8, 4) is 17.2 Å². The minimum atomic E-state index is -0.703. The van der Waals surface area contributed by atoms with Crippen LogP contribution in [-0.4, -0.2) is 18.0 Å². The van der Waals surface area contributed by atoms with Crippen LogP contribution < -0.4 is 68.0 Å². The van der Waals surface area contributed by atoms with Gasteiger partial charge in [-0.15, -0.1) is 0 Å². The fraction of sp³-hybridized carbons (Fsp3) is 0.182. The summed E-state index contributed by atoms with van der Waals surface area (Å²) in [4.78, 5) is 11.4. The maximum Gasteiger partial charge on any atom is 1.00 e. The van der Waals surface area contributed by atoms with Crippen molar-refractivity contribution in [2.45, 2.75) is 6.92 Å². The molecule has 0 aliphatic rings. The van der Waals surface area contributed by atoms with Gasteiger partial charge < -0.3 is 19.4 Å². The zero-order valence-corrected chi connectivity index (χ0v) is 14.7. The van der Waals surface area contributed by atoms with Crippen LogP contribution in [0.1, 0.15) is 17.3 Å². The molecule has 6 heteroatoms. The maximum absolute atomic E-state index is 11.6. The molecule has 2 rings (SSSR count). The first-order chi connectivity index (χ1) is 7.57. The third-order valence-corrected chi connectivity index (χ3v) is 2.35. The fourth-order valence-electron chi connectivity index (χ4n) is 1.67. The molecule has 1 heterocycles. The summed E-state index contributed by atoms with van der Waals surface area (Å²) in [6.45, 7) is 1.25. The topological polar surface area (TPSA) is 82.7 Å². The number of hydrogen-bond donors (Lipinski definition) is 1. The van der Waals surface area contributed by atoms with Gasteiger partial charge in [-0.25, -0.2) is 0 Å². The Morgan fingerprint density at radius 1 is 1.53 bits per heavy atom. The monoisotopic (exact) mass is 306 g/mol. The smallest absolute Gasteiger partial charge is 0.867 e. The normalized spacial score (nSPS) is 10.0. The SMILES string of the molecule is COc1c(C(C)=O)c(O)c([O-])c2occc12.[Rb+]. The number of fused-ring (bicyclic) bond motifs is 1. The minimum Gasteiger partial charge on any atom is -0.867 e. The van der Waals surface area contributed by atoms with Crippen LogP contribution in [-0.2, 0) is 0 Å². The van der Waals surface area contributed by atoms with Crippen LogP contribution in [0.15, 0.2) is 16.7 Å². The molecule has 0 unspecified atom stereocenters. The van der Waals surface area contributed by atoms with Crippen LogP contribution in [0.25, 0.3) is 11.0 Å². The number of aromatic hydroxyl groups is 1. The Hall–Kier alpha value is -0.365. The number of furan rings is 1. The molecule has 0 aliphatic carbocycles. The van der Waals surface area contributed by atoms with E-state index in [1.807, 2.05) is 0 Å². The van der Waals surface area contributed by atoms with Gasteiger partial charge in [0.15, 0.2) is 5.78 Å². The Morgan fingerprint density at radius 2 is 2.18 bits per heavy atom. The van der Waals surface area contributed by atoms with Crippen LogP contribution >= 0.6 is 0 Å². The Labute approximate surface area is 146 Å². The van der Waals surface area contributed by atoms with Crippen molar-refractivity contribution >= 4 is 16.8 Å². The first kappa shape index (κ1) is 14.7. The van der Waals surface area contributed by atoms with Gasteiger partial charge in [0.1, 0.15) is 22.6 Å². The summed E-state index contributed by atoms with van der Waals surface area (Å²) >= 11 is 0. The van der Waals surface area contributed by atoms with Crippen LogP contribution in [0.2, 0.25) is 0 Å². The molecule has 0 spiro atoms. The summed E-state index contributed by atoms with van der Waals surface area (Å²) in [5.41, 5.74) is -0.124. The second-order valence-corrected chi connectivity index (χ2v) is 3.31. The van der Waals surface area contributed by atoms with E-state index in [1.165, 1.54) is 26.4 Å². The number of ether oxygens (including phenoxy) is 1. The summed E-state index contributed by atoms with van der Waals surface area (Å²) in [5, 5.41) is 21.6. The van der Waals surface area contributed by atoms with Gasteiger partial charge in [0.25, 0.3) is 0 Å². The van der Waals surface area contributed by atoms with E-state index in [9.17, 15) is 15.0 Å². The molecule has 0 atom stereocenters. The van der Waals surface area contributed by atoms with Gasteiger partial charge in [0.2, 0.25) is 0 Å². The second kappa shape index (κ2) is 5.52. The largest absolute Gasteiger partial charge is 1.00 e. The van der Waals surface area contributed by atoms with Crippen molar-refractivity contribution < 1.29 is 82.3 Å². The first-order valence-electron chi connectivity index (χ1n) is 4.56. The molecule has 2 aromatic rings. The number of Topliss-reactive ketones (excluding diaryl/α,β-unsaturated/α-hetero) is 1. The van der Waals surface area contributed by atoms with E-state index in [4.69, 9.17) is 9.15 Å². The summed E-state index contributed by atoms with van der Waals surface area (Å²) < 4.78 is 9.98. The maximum atomic E-state index is 11.6. The van der Waals surface area contributed by atoms with Crippen LogP contribution in [0.5, 0.6) is 17.2 Å². The molecule has 1 N–H and O–H groups in total. The van der Waals surface area contributed by atoms with Crippen molar-refractivity contribution in [1.29, 1.82) is 0 Å². The zero-order chi connectivity index (χ0) is 11.9. The molecular formula is C11H9O5Rb. The van der Waals surface area contributed by atoms with Gasteiger partial charge in [-0.05, 0) is 18.7 Å². The number of carbonyl (C=O) groups excluding carboxylic acids is 1. The van der Waals surface area contributed by atoms with E-state index in [0.29, 0.717) is 5.39 Å². The third-order valence-electron chi connectivity index (χ3n) is 2.35. The van der Waals surface area contributed by atoms with Crippen LogP contribution in [0.4, 0.5) is 0 Å². The average Bonchev–Trinajstić information content (AvgIpc) is 2.71. The number of benzene rings is 1. The minimum absolute atomic E-state index is 0. The number of hydrogen-bond acceptors (Lipinski definition) is 5. The second-order valence-electron chi connectivity index (χ2n) is 3.31. The van der Waals surface area contributed by atoms with Crippen LogP contribution in [0, 0.1) is 0 Å². The van der Waals surface area contributed by atoms with Crippen molar-refractivity contribution in [3.63, 3.8) is 0 Å². The van der Waals surface area contributed by atoms with E-state index in [-0.39, 0.29) is 75.1 Å². The van der Waals surface area contributed by atoms with Crippen molar-refractivity contribution in [3.05, 3.63) is 17.9 Å². The molecule has 0 fully saturated rings. The van der Waals surface area contributed by atoms with E-state index in [1.54, 1.807) is 0 Å². The summed E-state index contributed by atoms with van der Waals surface area (Å²) in [7, 11) is 1.36. The van der Waals surface area contributed by atoms with Gasteiger partial charge in [-0.2, -0.15) is 0 Å². The number of methoxy groups -OCH3 is 1. The predicted molar refractivity (Wildman–Crippen MR) is 53.9 cm³/mol. The van der Waals surface area contributed by atoms with E-state index in [2.05, 4.69) is 0 Å². The van der Waals surface area contributed by atoms with Crippen molar-refractivity contribution in [1.82, 2.24) is 0 Å². The van der Waals surface area contributed by atoms with Gasteiger partial charge in [0, 0.05) is 0 Å². The number of phenols is 1. The number of ketones is 1. The molecule has 0 aliphatic heterocycles. The molecule has 84 valence electrons. The number of phenolic OH excluding ortho intramolecular Hbond substituents is 1. The Balaban J connectivity index is 0.00000144. The van der Waals surface area contributed by atoms with Crippen LogP contribution in [0.3, 0.4) is 0 Å². The van der Waals surface area contributed by atoms with Gasteiger partial charge in [0.05, 0.1) is 18.8 Å². The van der Waals surface area contributed by atoms with Crippen molar-refractivity contribution in [2.24, 2.45) is 0 Å². The molecule has 0 radical (unpaired) electrons. The van der Waals surface area contributed by atoms with E-state index >= 15 is 0 Å². The molecular weight excluding hydrogens is 298 g/mol. The molecule has 1 aromatic carbocycles. The molecule has 1 aromatic heterocycles. The van der Waals surface area contributed by atoms with Crippen molar-refractivity contribution in [2.75, 3.05) is 7.11 Å². The van der Waals surface area contributed by atoms with Gasteiger partial charge in [-0.1, -0.05) is 0 Å². The van der Waals surface area contributed by atoms with E-state index in [0.717, 1.165) is 0 Å². The van der Waals surface area contributed by atoms with Gasteiger partial charge in [-0.3, -0.25) is 4.79 Å². The fourth-order valence-corrected chi connectivity index (χ4v) is 1.67. The summed E-state index contributed by atoms with van der Waals surface area (Å²) in [6.07, 6.45) is 1.30. The molecule has 5 nitrogen and oxygen atoms in total. The quantitative estimate of drug-likeness (QED) is 0.678. The summed E-state index contributed by atoms with van der Waals surface area (Å²) in [5.74, 6) is -1.61. The third kappa shape index (κ3) is 2.29. The first-order valence-corrected chi connectivity index (χ1v) is 4.56. The standard InChI is InChI=1S/C11H10O5.Rb/c1-5(12)7-8(13)9(14)11-6(3-4-16-11)10(7)15-2;/h3-4,13-14H,1-2H3;/q;+1/p-1. The number of carbonyl (C=O) groups is 1. The predicted octanol–water partition coefficient (Wildman–Crippen LogP) is -1.57. The average molecular weight is 307 g/mol. The molecule has 0 bridgehead atoms. The Bertz CT molecular complexity index is 573. The van der Waals surface area contributed by atoms with Gasteiger partial charge >= 0.3 is 58.2 Å². The molecule has 0 saturated carbocycles. The zero-order valence-electron chi connectivity index (χ0n) is 9.73.